The molecule has 4 nitrogen and oxygen atoms in total. The summed E-state index contributed by atoms with van der Waals surface area (Å²) in [6.07, 6.45) is 3.24. The Morgan fingerprint density at radius 3 is 2.65 bits per heavy atom. The average molecular weight is 365 g/mol. The molecule has 0 saturated carbocycles. The maximum atomic E-state index is 12.4. The molecule has 1 aromatic carbocycles. The van der Waals surface area contributed by atoms with E-state index in [1.165, 1.54) is 4.90 Å². The van der Waals surface area contributed by atoms with Crippen molar-refractivity contribution < 1.29 is 9.59 Å². The molecule has 0 aliphatic carbocycles. The van der Waals surface area contributed by atoms with Crippen LogP contribution in [0.2, 0.25) is 10.0 Å². The Morgan fingerprint density at radius 1 is 1.13 bits per heavy atom. The van der Waals surface area contributed by atoms with Crippen LogP contribution in [-0.2, 0) is 11.3 Å². The van der Waals surface area contributed by atoms with Crippen molar-refractivity contribution in [3.63, 3.8) is 0 Å². The minimum atomic E-state index is -0.336. The third-order valence-corrected chi connectivity index (χ3v) is 4.81. The van der Waals surface area contributed by atoms with Crippen molar-refractivity contribution in [3.05, 3.63) is 68.8 Å². The van der Waals surface area contributed by atoms with E-state index in [-0.39, 0.29) is 17.7 Å². The number of pyridine rings is 1. The van der Waals surface area contributed by atoms with Gasteiger partial charge in [0.25, 0.3) is 11.1 Å². The van der Waals surface area contributed by atoms with Gasteiger partial charge in [0.05, 0.1) is 27.2 Å². The highest BCUT2D eigenvalue weighted by Crippen LogP contribution is 2.33. The third-order valence-electron chi connectivity index (χ3n) is 3.17. The molecule has 7 heteroatoms. The van der Waals surface area contributed by atoms with Crippen molar-refractivity contribution in [1.29, 1.82) is 0 Å². The SMILES string of the molecule is O=C1SC(=Cc2ccccn2)C(=O)N1Cc1ccc(Cl)c(Cl)c1. The van der Waals surface area contributed by atoms with Crippen LogP contribution in [0.1, 0.15) is 11.3 Å². The second-order valence-electron chi connectivity index (χ2n) is 4.77. The predicted molar refractivity (Wildman–Crippen MR) is 92.2 cm³/mol. The Bertz CT molecular complexity index is 809. The first-order valence-electron chi connectivity index (χ1n) is 6.65. The summed E-state index contributed by atoms with van der Waals surface area (Å²) in [5.41, 5.74) is 1.37. The molecule has 2 amide bonds. The molecule has 0 unspecified atom stereocenters. The van der Waals surface area contributed by atoms with Crippen molar-refractivity contribution in [2.75, 3.05) is 0 Å². The summed E-state index contributed by atoms with van der Waals surface area (Å²) in [5, 5.41) is 0.503. The fraction of sp³-hybridized carbons (Fsp3) is 0.0625. The van der Waals surface area contributed by atoms with Gasteiger partial charge < -0.3 is 0 Å². The van der Waals surface area contributed by atoms with Crippen molar-refractivity contribution in [2.24, 2.45) is 0 Å². The number of amides is 2. The summed E-state index contributed by atoms with van der Waals surface area (Å²) >= 11 is 12.7. The van der Waals surface area contributed by atoms with Crippen molar-refractivity contribution in [2.45, 2.75) is 6.54 Å². The minimum absolute atomic E-state index is 0.154. The molecule has 0 spiro atoms. The van der Waals surface area contributed by atoms with Crippen molar-refractivity contribution in [1.82, 2.24) is 9.88 Å². The van der Waals surface area contributed by atoms with Crippen molar-refractivity contribution >= 4 is 52.2 Å². The van der Waals surface area contributed by atoms with Crippen LogP contribution in [-0.4, -0.2) is 21.0 Å². The van der Waals surface area contributed by atoms with Crippen molar-refractivity contribution in [3.8, 4) is 0 Å². The molecule has 116 valence electrons. The fourth-order valence-corrected chi connectivity index (χ4v) is 3.20. The highest BCUT2D eigenvalue weighted by atomic mass is 35.5. The van der Waals surface area contributed by atoms with E-state index in [1.807, 2.05) is 6.07 Å². The number of halogens is 2. The first-order valence-corrected chi connectivity index (χ1v) is 8.22. The van der Waals surface area contributed by atoms with E-state index < -0.39 is 0 Å². The summed E-state index contributed by atoms with van der Waals surface area (Å²) in [6.45, 7) is 0.154. The predicted octanol–water partition coefficient (Wildman–Crippen LogP) is 4.62. The molecule has 1 saturated heterocycles. The maximum Gasteiger partial charge on any atom is 0.293 e. The van der Waals surface area contributed by atoms with E-state index >= 15 is 0 Å². The lowest BCUT2D eigenvalue weighted by Crippen LogP contribution is -2.27. The molecule has 2 heterocycles. The highest BCUT2D eigenvalue weighted by molar-refractivity contribution is 8.18. The number of hydrogen-bond donors (Lipinski definition) is 0. The van der Waals surface area contributed by atoms with Crippen LogP contribution >= 0.6 is 35.0 Å². The number of nitrogens with zero attached hydrogens (tertiary/aromatic N) is 2. The van der Waals surface area contributed by atoms with E-state index in [4.69, 9.17) is 23.2 Å². The Hall–Kier alpha value is -1.82. The summed E-state index contributed by atoms with van der Waals surface area (Å²) < 4.78 is 0. The van der Waals surface area contributed by atoms with Crippen LogP contribution in [0.25, 0.3) is 6.08 Å². The monoisotopic (exact) mass is 364 g/mol. The van der Waals surface area contributed by atoms with E-state index in [0.29, 0.717) is 20.6 Å². The van der Waals surface area contributed by atoms with Crippen LogP contribution in [0.5, 0.6) is 0 Å². The highest BCUT2D eigenvalue weighted by Gasteiger charge is 2.35. The Labute approximate surface area is 147 Å². The second kappa shape index (κ2) is 6.74. The molecule has 0 atom stereocenters. The molecule has 23 heavy (non-hydrogen) atoms. The van der Waals surface area contributed by atoms with E-state index in [0.717, 1.165) is 17.3 Å². The van der Waals surface area contributed by atoms with Gasteiger partial charge in [-0.1, -0.05) is 35.3 Å². The number of benzene rings is 1. The quantitative estimate of drug-likeness (QED) is 0.745. The first kappa shape index (κ1) is 16.1. The minimum Gasteiger partial charge on any atom is -0.268 e. The zero-order valence-electron chi connectivity index (χ0n) is 11.7. The number of carbonyl (C=O) groups is 2. The maximum absolute atomic E-state index is 12.4. The average Bonchev–Trinajstić information content (AvgIpc) is 2.79. The fourth-order valence-electron chi connectivity index (χ4n) is 2.05. The Morgan fingerprint density at radius 2 is 1.96 bits per heavy atom. The molecular formula is C16H10Cl2N2O2S. The first-order chi connectivity index (χ1) is 11.0. The Balaban J connectivity index is 1.81. The van der Waals surface area contributed by atoms with E-state index in [1.54, 1.807) is 42.6 Å². The molecule has 1 aliphatic heterocycles. The molecule has 2 aromatic rings. The van der Waals surface area contributed by atoms with E-state index in [9.17, 15) is 9.59 Å². The Kier molecular flexibility index (Phi) is 4.71. The summed E-state index contributed by atoms with van der Waals surface area (Å²) in [7, 11) is 0. The van der Waals surface area contributed by atoms with Gasteiger partial charge in [-0.25, -0.2) is 0 Å². The number of hydrogen-bond acceptors (Lipinski definition) is 4. The van der Waals surface area contributed by atoms with Gasteiger partial charge in [-0.15, -0.1) is 0 Å². The summed E-state index contributed by atoms with van der Waals surface area (Å²) in [5.74, 6) is -0.336. The lowest BCUT2D eigenvalue weighted by molar-refractivity contribution is -0.123. The lowest BCUT2D eigenvalue weighted by atomic mass is 10.2. The summed E-state index contributed by atoms with van der Waals surface area (Å²) in [6, 6.07) is 10.4. The molecule has 1 aliphatic rings. The van der Waals surface area contributed by atoms with E-state index in [2.05, 4.69) is 4.98 Å². The molecule has 0 radical (unpaired) electrons. The molecular weight excluding hydrogens is 355 g/mol. The topological polar surface area (TPSA) is 50.3 Å². The smallest absolute Gasteiger partial charge is 0.268 e. The number of imide groups is 1. The number of carbonyl (C=O) groups excluding carboxylic acids is 2. The molecule has 0 N–H and O–H groups in total. The lowest BCUT2D eigenvalue weighted by Gasteiger charge is -2.12. The number of rotatable bonds is 3. The largest absolute Gasteiger partial charge is 0.293 e. The van der Waals surface area contributed by atoms with Gasteiger partial charge in [0.1, 0.15) is 0 Å². The van der Waals surface area contributed by atoms with Gasteiger partial charge in [-0.2, -0.15) is 0 Å². The van der Waals surface area contributed by atoms with Crippen LogP contribution < -0.4 is 0 Å². The van der Waals surface area contributed by atoms with Gasteiger partial charge in [-0.05, 0) is 47.7 Å². The van der Waals surface area contributed by atoms with Gasteiger partial charge >= 0.3 is 0 Å². The zero-order valence-corrected chi connectivity index (χ0v) is 14.0. The number of thioether (sulfide) groups is 1. The zero-order chi connectivity index (χ0) is 16.4. The van der Waals surface area contributed by atoms with Gasteiger partial charge in [0, 0.05) is 6.20 Å². The van der Waals surface area contributed by atoms with Gasteiger partial charge in [0.15, 0.2) is 0 Å². The summed E-state index contributed by atoms with van der Waals surface area (Å²) in [4.78, 5) is 30.2. The standard InChI is InChI=1S/C16H10Cl2N2O2S/c17-12-5-4-10(7-13(12)18)9-20-15(21)14(23-16(20)22)8-11-3-1-2-6-19-11/h1-8H,9H2. The molecule has 3 rings (SSSR count). The van der Waals surface area contributed by atoms with Crippen LogP contribution in [0.3, 0.4) is 0 Å². The van der Waals surface area contributed by atoms with Crippen LogP contribution in [0.4, 0.5) is 4.79 Å². The third kappa shape index (κ3) is 3.58. The van der Waals surface area contributed by atoms with Crippen LogP contribution in [0.15, 0.2) is 47.5 Å². The molecule has 1 aromatic heterocycles. The van der Waals surface area contributed by atoms with Gasteiger partial charge in [-0.3, -0.25) is 19.5 Å². The van der Waals surface area contributed by atoms with Gasteiger partial charge in [0.2, 0.25) is 0 Å². The normalized spacial score (nSPS) is 16.4. The molecule has 0 bridgehead atoms. The second-order valence-corrected chi connectivity index (χ2v) is 6.58. The molecule has 1 fully saturated rings. The van der Waals surface area contributed by atoms with Crippen LogP contribution in [0, 0.1) is 0 Å². The number of aromatic nitrogens is 1.